The maximum Gasteiger partial charge on any atom is 0.287 e. The van der Waals surface area contributed by atoms with Crippen molar-refractivity contribution in [3.8, 4) is 5.75 Å². The van der Waals surface area contributed by atoms with Crippen LogP contribution >= 0.6 is 0 Å². The Hall–Kier alpha value is -2.73. The zero-order valence-electron chi connectivity index (χ0n) is 13.7. The number of aryl methyl sites for hydroxylation is 1. The van der Waals surface area contributed by atoms with Crippen LogP contribution in [-0.2, 0) is 7.05 Å². The molecule has 0 aliphatic rings. The highest BCUT2D eigenvalue weighted by Crippen LogP contribution is 2.28. The van der Waals surface area contributed by atoms with E-state index in [-0.39, 0.29) is 11.7 Å². The van der Waals surface area contributed by atoms with Crippen LogP contribution in [-0.4, -0.2) is 29.2 Å². The lowest BCUT2D eigenvalue weighted by Gasteiger charge is -2.12. The molecule has 6 nitrogen and oxygen atoms in total. The smallest absolute Gasteiger partial charge is 0.287 e. The first kappa shape index (κ1) is 16.1. The number of furan rings is 1. The number of ether oxygens (including phenoxy) is 1. The van der Waals surface area contributed by atoms with Gasteiger partial charge in [0, 0.05) is 30.9 Å². The first-order valence-electron chi connectivity index (χ1n) is 7.74. The number of amides is 1. The lowest BCUT2D eigenvalue weighted by Crippen LogP contribution is -2.25. The number of aliphatic hydroxyl groups is 1. The summed E-state index contributed by atoms with van der Waals surface area (Å²) in [6.07, 6.45) is 1.67. The van der Waals surface area contributed by atoms with E-state index < -0.39 is 6.10 Å². The molecular weight excluding hydrogens is 308 g/mol. The van der Waals surface area contributed by atoms with E-state index in [1.54, 1.807) is 19.2 Å². The standard InChI is InChI=1S/C18H20N2O4/c1-20-10-4-6-13(20)14(21)8-9-19-18(22)16-11-12-5-3-7-15(23-2)17(12)24-16/h3-7,10-11,14,21H,8-9H2,1-2H3,(H,19,22). The van der Waals surface area contributed by atoms with Crippen LogP contribution in [0.5, 0.6) is 5.75 Å². The summed E-state index contributed by atoms with van der Waals surface area (Å²) >= 11 is 0. The average molecular weight is 328 g/mol. The summed E-state index contributed by atoms with van der Waals surface area (Å²) in [5.74, 6) is 0.501. The van der Waals surface area contributed by atoms with Crippen LogP contribution in [0, 0.1) is 0 Å². The topological polar surface area (TPSA) is 76.6 Å². The van der Waals surface area contributed by atoms with Gasteiger partial charge in [-0.1, -0.05) is 12.1 Å². The SMILES string of the molecule is COc1cccc2cc(C(=O)NCCC(O)c3cccn3C)oc12. The monoisotopic (exact) mass is 328 g/mol. The molecule has 6 heteroatoms. The Morgan fingerprint density at radius 1 is 1.38 bits per heavy atom. The van der Waals surface area contributed by atoms with E-state index in [0.29, 0.717) is 24.3 Å². The summed E-state index contributed by atoms with van der Waals surface area (Å²) in [5.41, 5.74) is 1.37. The zero-order valence-corrected chi connectivity index (χ0v) is 13.7. The third-order valence-corrected chi connectivity index (χ3v) is 3.98. The number of carbonyl (C=O) groups is 1. The number of rotatable bonds is 6. The summed E-state index contributed by atoms with van der Waals surface area (Å²) in [7, 11) is 3.43. The summed E-state index contributed by atoms with van der Waals surface area (Å²) in [5, 5.41) is 13.7. The number of hydrogen-bond donors (Lipinski definition) is 2. The Morgan fingerprint density at radius 2 is 2.21 bits per heavy atom. The second-order valence-electron chi connectivity index (χ2n) is 5.59. The molecule has 0 aliphatic carbocycles. The molecule has 0 aliphatic heterocycles. The van der Waals surface area contributed by atoms with Gasteiger partial charge >= 0.3 is 0 Å². The van der Waals surface area contributed by atoms with Crippen molar-refractivity contribution in [2.24, 2.45) is 7.05 Å². The van der Waals surface area contributed by atoms with Crippen molar-refractivity contribution >= 4 is 16.9 Å². The van der Waals surface area contributed by atoms with Gasteiger partial charge in [0.15, 0.2) is 17.1 Å². The minimum Gasteiger partial charge on any atom is -0.493 e. The van der Waals surface area contributed by atoms with Crippen molar-refractivity contribution in [2.75, 3.05) is 13.7 Å². The molecule has 0 saturated carbocycles. The molecule has 2 heterocycles. The lowest BCUT2D eigenvalue weighted by atomic mass is 10.2. The number of aliphatic hydroxyl groups excluding tert-OH is 1. The van der Waals surface area contributed by atoms with Crippen LogP contribution < -0.4 is 10.1 Å². The summed E-state index contributed by atoms with van der Waals surface area (Å²) in [6, 6.07) is 10.9. The number of aromatic nitrogens is 1. The molecule has 0 saturated heterocycles. The molecule has 126 valence electrons. The van der Waals surface area contributed by atoms with Crippen molar-refractivity contribution in [3.05, 3.63) is 54.0 Å². The van der Waals surface area contributed by atoms with Gasteiger partial charge in [0.05, 0.1) is 13.2 Å². The number of methoxy groups -OCH3 is 1. The highest BCUT2D eigenvalue weighted by Gasteiger charge is 2.16. The highest BCUT2D eigenvalue weighted by atomic mass is 16.5. The molecule has 3 rings (SSSR count). The van der Waals surface area contributed by atoms with E-state index in [1.807, 2.05) is 42.1 Å². The number of para-hydroxylation sites is 1. The Morgan fingerprint density at radius 3 is 2.92 bits per heavy atom. The van der Waals surface area contributed by atoms with Gasteiger partial charge in [-0.3, -0.25) is 4.79 Å². The van der Waals surface area contributed by atoms with Crippen LogP contribution in [0.3, 0.4) is 0 Å². The van der Waals surface area contributed by atoms with Crippen LogP contribution in [0.15, 0.2) is 47.0 Å². The van der Waals surface area contributed by atoms with Crippen LogP contribution in [0.4, 0.5) is 0 Å². The number of fused-ring (bicyclic) bond motifs is 1. The van der Waals surface area contributed by atoms with Crippen molar-refractivity contribution < 1.29 is 19.1 Å². The van der Waals surface area contributed by atoms with Crippen LogP contribution in [0.1, 0.15) is 28.8 Å². The fraction of sp³-hybridized carbons (Fsp3) is 0.278. The second kappa shape index (κ2) is 6.80. The van der Waals surface area contributed by atoms with Gasteiger partial charge in [-0.2, -0.15) is 0 Å². The Balaban J connectivity index is 1.62. The number of hydrogen-bond acceptors (Lipinski definition) is 4. The van der Waals surface area contributed by atoms with Gasteiger partial charge in [-0.15, -0.1) is 0 Å². The molecule has 2 aromatic heterocycles. The lowest BCUT2D eigenvalue weighted by molar-refractivity contribution is 0.0916. The maximum atomic E-state index is 12.2. The fourth-order valence-electron chi connectivity index (χ4n) is 2.69. The van der Waals surface area contributed by atoms with Crippen LogP contribution in [0.2, 0.25) is 0 Å². The maximum absolute atomic E-state index is 12.2. The molecule has 0 radical (unpaired) electrons. The van der Waals surface area contributed by atoms with Gasteiger partial charge in [-0.25, -0.2) is 0 Å². The summed E-state index contributed by atoms with van der Waals surface area (Å²) in [6.45, 7) is 0.347. The van der Waals surface area contributed by atoms with Gasteiger partial charge in [-0.05, 0) is 30.7 Å². The molecule has 1 amide bonds. The molecular formula is C18H20N2O4. The van der Waals surface area contributed by atoms with E-state index in [4.69, 9.17) is 9.15 Å². The van der Waals surface area contributed by atoms with E-state index in [9.17, 15) is 9.90 Å². The minimum atomic E-state index is -0.624. The first-order valence-corrected chi connectivity index (χ1v) is 7.74. The molecule has 0 bridgehead atoms. The molecule has 1 unspecified atom stereocenters. The number of nitrogens with zero attached hydrogens (tertiary/aromatic N) is 1. The van der Waals surface area contributed by atoms with Gasteiger partial charge in [0.1, 0.15) is 0 Å². The van der Waals surface area contributed by atoms with Crippen molar-refractivity contribution in [3.63, 3.8) is 0 Å². The quantitative estimate of drug-likeness (QED) is 0.729. The molecule has 0 spiro atoms. The molecule has 2 N–H and O–H groups in total. The molecule has 0 fully saturated rings. The highest BCUT2D eigenvalue weighted by molar-refractivity contribution is 5.97. The Kier molecular flexibility index (Phi) is 4.57. The van der Waals surface area contributed by atoms with E-state index >= 15 is 0 Å². The van der Waals surface area contributed by atoms with E-state index in [0.717, 1.165) is 11.1 Å². The average Bonchev–Trinajstić information content (AvgIpc) is 3.20. The normalized spacial score (nSPS) is 12.3. The molecule has 3 aromatic rings. The van der Waals surface area contributed by atoms with Crippen molar-refractivity contribution in [2.45, 2.75) is 12.5 Å². The van der Waals surface area contributed by atoms with E-state index in [1.165, 1.54) is 0 Å². The second-order valence-corrected chi connectivity index (χ2v) is 5.59. The Labute approximate surface area is 139 Å². The summed E-state index contributed by atoms with van der Waals surface area (Å²) < 4.78 is 12.7. The summed E-state index contributed by atoms with van der Waals surface area (Å²) in [4.78, 5) is 12.2. The molecule has 24 heavy (non-hydrogen) atoms. The van der Waals surface area contributed by atoms with Crippen molar-refractivity contribution in [1.29, 1.82) is 0 Å². The van der Waals surface area contributed by atoms with Crippen molar-refractivity contribution in [1.82, 2.24) is 9.88 Å². The van der Waals surface area contributed by atoms with Gasteiger partial charge in [0.2, 0.25) is 0 Å². The zero-order chi connectivity index (χ0) is 17.1. The third-order valence-electron chi connectivity index (χ3n) is 3.98. The first-order chi connectivity index (χ1) is 11.6. The van der Waals surface area contributed by atoms with Crippen LogP contribution in [0.25, 0.3) is 11.0 Å². The van der Waals surface area contributed by atoms with Gasteiger partial charge in [0.25, 0.3) is 5.91 Å². The molecule has 1 aromatic carbocycles. The predicted octanol–water partition coefficient (Wildman–Crippen LogP) is 2.63. The third kappa shape index (κ3) is 3.14. The fourth-order valence-corrected chi connectivity index (χ4v) is 2.69. The molecule has 1 atom stereocenters. The largest absolute Gasteiger partial charge is 0.493 e. The predicted molar refractivity (Wildman–Crippen MR) is 90.1 cm³/mol. The number of nitrogens with one attached hydrogen (secondary N) is 1. The van der Waals surface area contributed by atoms with E-state index in [2.05, 4.69) is 5.32 Å². The number of benzene rings is 1. The number of carbonyl (C=O) groups excluding carboxylic acids is 1. The van der Waals surface area contributed by atoms with Gasteiger partial charge < -0.3 is 24.1 Å². The Bertz CT molecular complexity index is 850. The minimum absolute atomic E-state index is 0.225.